The fourth-order valence-electron chi connectivity index (χ4n) is 1.39. The molecule has 0 amide bonds. The molecule has 0 saturated carbocycles. The van der Waals surface area contributed by atoms with Crippen molar-refractivity contribution in [3.63, 3.8) is 0 Å². The van der Waals surface area contributed by atoms with Crippen molar-refractivity contribution in [2.75, 3.05) is 19.8 Å². The van der Waals surface area contributed by atoms with Gasteiger partial charge in [0, 0.05) is 6.54 Å². The number of rotatable bonds is 4. The largest absolute Gasteiger partial charge is 0.394 e. The molecule has 1 saturated heterocycles. The topological polar surface area (TPSA) is 125 Å². The van der Waals surface area contributed by atoms with Gasteiger partial charge < -0.3 is 35.6 Å². The third-order valence-corrected chi connectivity index (χ3v) is 2.25. The summed E-state index contributed by atoms with van der Waals surface area (Å²) in [7, 11) is 0. The molecule has 0 aliphatic carbocycles. The Balaban J connectivity index is 2.57. The van der Waals surface area contributed by atoms with Crippen molar-refractivity contribution in [2.24, 2.45) is 5.73 Å². The predicted octanol–water partition coefficient (Wildman–Crippen LogP) is -3.24. The molecule has 0 aromatic rings. The molecule has 0 aromatic heterocycles. The van der Waals surface area contributed by atoms with Gasteiger partial charge in [0.2, 0.25) is 0 Å². The van der Waals surface area contributed by atoms with Gasteiger partial charge in [-0.3, -0.25) is 0 Å². The summed E-state index contributed by atoms with van der Waals surface area (Å²) in [5.74, 6) is 0. The van der Waals surface area contributed by atoms with Crippen molar-refractivity contribution in [3.05, 3.63) is 0 Å². The van der Waals surface area contributed by atoms with E-state index in [0.717, 1.165) is 0 Å². The fraction of sp³-hybridized carbons (Fsp3) is 1.00. The Morgan fingerprint density at radius 2 is 1.80 bits per heavy atom. The van der Waals surface area contributed by atoms with E-state index in [1.54, 1.807) is 0 Å². The highest BCUT2D eigenvalue weighted by molar-refractivity contribution is 4.88. The lowest BCUT2D eigenvalue weighted by atomic mass is 9.99. The van der Waals surface area contributed by atoms with E-state index in [2.05, 4.69) is 0 Å². The van der Waals surface area contributed by atoms with Gasteiger partial charge in [-0.1, -0.05) is 0 Å². The molecule has 1 aliphatic rings. The van der Waals surface area contributed by atoms with Crippen LogP contribution in [0.5, 0.6) is 0 Å². The van der Waals surface area contributed by atoms with Gasteiger partial charge in [-0.25, -0.2) is 0 Å². The third kappa shape index (κ3) is 2.85. The molecule has 90 valence electrons. The summed E-state index contributed by atoms with van der Waals surface area (Å²) < 4.78 is 10.1. The van der Waals surface area contributed by atoms with E-state index in [0.29, 0.717) is 0 Å². The number of hydrogen-bond donors (Lipinski definition) is 5. The van der Waals surface area contributed by atoms with E-state index < -0.39 is 37.3 Å². The Morgan fingerprint density at radius 3 is 2.33 bits per heavy atom. The molecule has 5 atom stereocenters. The Bertz CT molecular complexity index is 190. The summed E-state index contributed by atoms with van der Waals surface area (Å²) in [6, 6.07) is 0. The second-order valence-corrected chi connectivity index (χ2v) is 3.36. The summed E-state index contributed by atoms with van der Waals surface area (Å²) in [4.78, 5) is 0. The minimum atomic E-state index is -1.40. The molecule has 7 heteroatoms. The van der Waals surface area contributed by atoms with E-state index in [4.69, 9.17) is 20.3 Å². The molecule has 0 bridgehead atoms. The molecule has 0 radical (unpaired) electrons. The predicted molar refractivity (Wildman–Crippen MR) is 48.8 cm³/mol. The highest BCUT2D eigenvalue weighted by Crippen LogP contribution is 2.21. The van der Waals surface area contributed by atoms with Crippen LogP contribution in [0.25, 0.3) is 0 Å². The zero-order valence-electron chi connectivity index (χ0n) is 8.19. The van der Waals surface area contributed by atoms with E-state index in [9.17, 15) is 15.3 Å². The van der Waals surface area contributed by atoms with E-state index in [1.165, 1.54) is 0 Å². The first-order chi connectivity index (χ1) is 7.11. The van der Waals surface area contributed by atoms with E-state index in [1.807, 2.05) is 0 Å². The first kappa shape index (κ1) is 12.8. The molecular weight excluding hydrogens is 206 g/mol. The molecule has 0 aromatic carbocycles. The van der Waals surface area contributed by atoms with Crippen LogP contribution in [0.1, 0.15) is 0 Å². The summed E-state index contributed by atoms with van der Waals surface area (Å²) in [6.07, 6.45) is -6.13. The first-order valence-corrected chi connectivity index (χ1v) is 4.74. The first-order valence-electron chi connectivity index (χ1n) is 4.74. The van der Waals surface area contributed by atoms with Gasteiger partial charge in [-0.2, -0.15) is 0 Å². The monoisotopic (exact) mass is 223 g/mol. The Morgan fingerprint density at radius 1 is 1.13 bits per heavy atom. The van der Waals surface area contributed by atoms with E-state index >= 15 is 0 Å². The maximum atomic E-state index is 9.47. The maximum absolute atomic E-state index is 9.47. The number of aliphatic hydroxyl groups is 4. The van der Waals surface area contributed by atoms with Crippen LogP contribution >= 0.6 is 0 Å². The van der Waals surface area contributed by atoms with Gasteiger partial charge in [0.1, 0.15) is 24.4 Å². The van der Waals surface area contributed by atoms with Gasteiger partial charge in [0.25, 0.3) is 0 Å². The lowest BCUT2D eigenvalue weighted by molar-refractivity contribution is -0.300. The summed E-state index contributed by atoms with van der Waals surface area (Å²) >= 11 is 0. The van der Waals surface area contributed by atoms with Crippen molar-refractivity contribution in [1.29, 1.82) is 0 Å². The molecule has 1 aliphatic heterocycles. The molecular formula is C8H17NO6. The van der Waals surface area contributed by atoms with Crippen molar-refractivity contribution >= 4 is 0 Å². The SMILES string of the molecule is NCCO[C@@H]1OC(CO)[C@H](O)C(O)[C@@H]1O. The molecule has 15 heavy (non-hydrogen) atoms. The van der Waals surface area contributed by atoms with Crippen LogP contribution in [-0.4, -0.2) is 70.9 Å². The second kappa shape index (κ2) is 5.71. The van der Waals surface area contributed by atoms with Crippen LogP contribution in [-0.2, 0) is 9.47 Å². The van der Waals surface area contributed by atoms with Crippen molar-refractivity contribution < 1.29 is 29.9 Å². The quantitative estimate of drug-likeness (QED) is 0.339. The highest BCUT2D eigenvalue weighted by atomic mass is 16.7. The number of nitrogens with two attached hydrogens (primary N) is 1. The van der Waals surface area contributed by atoms with Crippen LogP contribution < -0.4 is 5.73 Å². The number of aliphatic hydroxyl groups excluding tert-OH is 4. The highest BCUT2D eigenvalue weighted by Gasteiger charge is 2.43. The molecule has 1 fully saturated rings. The third-order valence-electron chi connectivity index (χ3n) is 2.25. The van der Waals surface area contributed by atoms with Gasteiger partial charge in [0.05, 0.1) is 13.2 Å². The molecule has 7 nitrogen and oxygen atoms in total. The maximum Gasteiger partial charge on any atom is 0.186 e. The summed E-state index contributed by atoms with van der Waals surface area (Å²) in [6.45, 7) is -0.0643. The zero-order chi connectivity index (χ0) is 11.4. The van der Waals surface area contributed by atoms with Crippen molar-refractivity contribution in [2.45, 2.75) is 30.7 Å². The van der Waals surface area contributed by atoms with Crippen LogP contribution in [0.15, 0.2) is 0 Å². The molecule has 1 rings (SSSR count). The van der Waals surface area contributed by atoms with E-state index in [-0.39, 0.29) is 13.2 Å². The van der Waals surface area contributed by atoms with Gasteiger partial charge >= 0.3 is 0 Å². The standard InChI is InChI=1S/C8H17NO6/c9-1-2-14-8-7(13)6(12)5(11)4(3-10)15-8/h4-8,10-13H,1-3,9H2/t4?,5-,6?,7-,8+/m0/s1. The van der Waals surface area contributed by atoms with Crippen LogP contribution in [0.3, 0.4) is 0 Å². The van der Waals surface area contributed by atoms with Gasteiger partial charge in [-0.15, -0.1) is 0 Å². The Hall–Kier alpha value is -0.280. The minimum absolute atomic E-state index is 0.155. The Kier molecular flexibility index (Phi) is 4.87. The van der Waals surface area contributed by atoms with Crippen LogP contribution in [0, 0.1) is 0 Å². The number of ether oxygens (including phenoxy) is 2. The Labute approximate surface area is 87.0 Å². The van der Waals surface area contributed by atoms with Crippen LogP contribution in [0.4, 0.5) is 0 Å². The average molecular weight is 223 g/mol. The summed E-state index contributed by atoms with van der Waals surface area (Å²) in [5.41, 5.74) is 5.20. The molecule has 0 spiro atoms. The van der Waals surface area contributed by atoms with Crippen molar-refractivity contribution in [3.8, 4) is 0 Å². The zero-order valence-corrected chi connectivity index (χ0v) is 8.19. The number of hydrogen-bond acceptors (Lipinski definition) is 7. The van der Waals surface area contributed by atoms with Gasteiger partial charge in [-0.05, 0) is 0 Å². The lowest BCUT2D eigenvalue weighted by Crippen LogP contribution is -2.59. The molecule has 1 heterocycles. The average Bonchev–Trinajstić information content (AvgIpc) is 2.25. The van der Waals surface area contributed by atoms with Gasteiger partial charge in [0.15, 0.2) is 6.29 Å². The summed E-state index contributed by atoms with van der Waals surface area (Å²) in [5, 5.41) is 37.1. The molecule has 6 N–H and O–H groups in total. The van der Waals surface area contributed by atoms with Crippen LogP contribution in [0.2, 0.25) is 0 Å². The second-order valence-electron chi connectivity index (χ2n) is 3.36. The minimum Gasteiger partial charge on any atom is -0.394 e. The molecule has 2 unspecified atom stereocenters. The van der Waals surface area contributed by atoms with Crippen molar-refractivity contribution in [1.82, 2.24) is 0 Å². The smallest absolute Gasteiger partial charge is 0.186 e. The normalized spacial score (nSPS) is 41.8. The fourth-order valence-corrected chi connectivity index (χ4v) is 1.39. The lowest BCUT2D eigenvalue weighted by Gasteiger charge is -2.39.